The summed E-state index contributed by atoms with van der Waals surface area (Å²) in [7, 11) is 0. The monoisotopic (exact) mass is 305 g/mol. The molecule has 2 aromatic carbocycles. The topological polar surface area (TPSA) is 35.2 Å². The molecular formula is C15H16BrNO. The largest absolute Gasteiger partial charge is 0.456 e. The van der Waals surface area contributed by atoms with Gasteiger partial charge in [0.25, 0.3) is 0 Å². The minimum atomic E-state index is 0.0995. The zero-order valence-corrected chi connectivity index (χ0v) is 11.9. The normalized spacial score (nSPS) is 12.2. The number of nitrogens with two attached hydrogens (primary N) is 1. The number of hydrogen-bond acceptors (Lipinski definition) is 2. The molecule has 0 aliphatic carbocycles. The lowest BCUT2D eigenvalue weighted by Crippen LogP contribution is -2.07. The van der Waals surface area contributed by atoms with Gasteiger partial charge in [0.1, 0.15) is 11.5 Å². The highest BCUT2D eigenvalue weighted by Gasteiger charge is 2.04. The molecule has 0 saturated heterocycles. The molecule has 0 fully saturated rings. The molecule has 0 heterocycles. The summed E-state index contributed by atoms with van der Waals surface area (Å²) in [5.41, 5.74) is 7.11. The van der Waals surface area contributed by atoms with Gasteiger partial charge < -0.3 is 10.5 Å². The van der Waals surface area contributed by atoms with Gasteiger partial charge in [-0.1, -0.05) is 31.2 Å². The summed E-state index contributed by atoms with van der Waals surface area (Å²) in [4.78, 5) is 0. The van der Waals surface area contributed by atoms with Crippen molar-refractivity contribution in [3.8, 4) is 11.5 Å². The van der Waals surface area contributed by atoms with Crippen molar-refractivity contribution in [2.45, 2.75) is 19.4 Å². The smallest absolute Gasteiger partial charge is 0.141 e. The highest BCUT2D eigenvalue weighted by atomic mass is 79.9. The van der Waals surface area contributed by atoms with Gasteiger partial charge in [0.05, 0.1) is 4.47 Å². The second kappa shape index (κ2) is 6.03. The lowest BCUT2D eigenvalue weighted by Gasteiger charge is -2.11. The van der Waals surface area contributed by atoms with Crippen LogP contribution in [0, 0.1) is 0 Å². The minimum Gasteiger partial charge on any atom is -0.456 e. The Morgan fingerprint density at radius 3 is 2.39 bits per heavy atom. The quantitative estimate of drug-likeness (QED) is 0.892. The van der Waals surface area contributed by atoms with Crippen LogP contribution in [0.15, 0.2) is 53.0 Å². The van der Waals surface area contributed by atoms with Crippen molar-refractivity contribution in [3.05, 3.63) is 58.6 Å². The molecular weight excluding hydrogens is 290 g/mol. The Hall–Kier alpha value is -1.32. The maximum Gasteiger partial charge on any atom is 0.141 e. The van der Waals surface area contributed by atoms with Gasteiger partial charge in [-0.3, -0.25) is 0 Å². The van der Waals surface area contributed by atoms with Crippen molar-refractivity contribution < 1.29 is 4.74 Å². The van der Waals surface area contributed by atoms with Gasteiger partial charge in [0, 0.05) is 6.04 Å². The summed E-state index contributed by atoms with van der Waals surface area (Å²) in [5.74, 6) is 1.62. The third kappa shape index (κ3) is 3.12. The van der Waals surface area contributed by atoms with E-state index in [1.165, 1.54) is 0 Å². The van der Waals surface area contributed by atoms with Crippen LogP contribution in [0.1, 0.15) is 24.9 Å². The van der Waals surface area contributed by atoms with E-state index < -0.39 is 0 Å². The van der Waals surface area contributed by atoms with E-state index >= 15 is 0 Å². The Morgan fingerprint density at radius 1 is 1.11 bits per heavy atom. The van der Waals surface area contributed by atoms with Gasteiger partial charge in [0.2, 0.25) is 0 Å². The molecule has 3 heteroatoms. The Morgan fingerprint density at radius 2 is 1.78 bits per heavy atom. The summed E-state index contributed by atoms with van der Waals surface area (Å²) in [6, 6.07) is 15.8. The van der Waals surface area contributed by atoms with Crippen LogP contribution in [0.3, 0.4) is 0 Å². The standard InChI is InChI=1S/C15H16BrNO/c1-2-14(17)11-7-9-12(10-8-11)18-15-6-4-3-5-13(15)16/h3-10,14H,2,17H2,1H3/t14-/m1/s1. The highest BCUT2D eigenvalue weighted by Crippen LogP contribution is 2.29. The second-order valence-electron chi connectivity index (χ2n) is 4.12. The van der Waals surface area contributed by atoms with Crippen LogP contribution in [-0.4, -0.2) is 0 Å². The first kappa shape index (κ1) is 13.1. The first-order valence-electron chi connectivity index (χ1n) is 5.98. The van der Waals surface area contributed by atoms with Crippen LogP contribution < -0.4 is 10.5 Å². The van der Waals surface area contributed by atoms with Crippen LogP contribution in [0.25, 0.3) is 0 Å². The average molecular weight is 306 g/mol. The van der Waals surface area contributed by atoms with Gasteiger partial charge in [-0.05, 0) is 52.2 Å². The molecule has 0 aliphatic rings. The Labute approximate surface area is 116 Å². The maximum absolute atomic E-state index is 5.97. The molecule has 0 amide bonds. The molecule has 94 valence electrons. The lowest BCUT2D eigenvalue weighted by atomic mass is 10.1. The van der Waals surface area contributed by atoms with E-state index in [1.807, 2.05) is 48.5 Å². The van der Waals surface area contributed by atoms with E-state index in [4.69, 9.17) is 10.5 Å². The third-order valence-electron chi connectivity index (χ3n) is 2.81. The number of hydrogen-bond donors (Lipinski definition) is 1. The lowest BCUT2D eigenvalue weighted by molar-refractivity contribution is 0.479. The molecule has 1 atom stereocenters. The molecule has 0 unspecified atom stereocenters. The number of para-hydroxylation sites is 1. The molecule has 18 heavy (non-hydrogen) atoms. The molecule has 2 N–H and O–H groups in total. The summed E-state index contributed by atoms with van der Waals surface area (Å²) in [6.45, 7) is 2.08. The molecule has 0 saturated carbocycles. The first-order valence-corrected chi connectivity index (χ1v) is 6.78. The van der Waals surface area contributed by atoms with E-state index in [1.54, 1.807) is 0 Å². The van der Waals surface area contributed by atoms with E-state index in [-0.39, 0.29) is 6.04 Å². The van der Waals surface area contributed by atoms with Gasteiger partial charge in [-0.2, -0.15) is 0 Å². The predicted molar refractivity (Wildman–Crippen MR) is 77.9 cm³/mol. The number of benzene rings is 2. The summed E-state index contributed by atoms with van der Waals surface area (Å²) in [5, 5.41) is 0. The fraction of sp³-hybridized carbons (Fsp3) is 0.200. The van der Waals surface area contributed by atoms with Gasteiger partial charge in [0.15, 0.2) is 0 Å². The summed E-state index contributed by atoms with van der Waals surface area (Å²) >= 11 is 3.46. The van der Waals surface area contributed by atoms with Crippen molar-refractivity contribution in [1.29, 1.82) is 0 Å². The first-order chi connectivity index (χ1) is 8.70. The SMILES string of the molecule is CC[C@@H](N)c1ccc(Oc2ccccc2Br)cc1. The van der Waals surface area contributed by atoms with Gasteiger partial charge >= 0.3 is 0 Å². The van der Waals surface area contributed by atoms with E-state index in [9.17, 15) is 0 Å². The van der Waals surface area contributed by atoms with Gasteiger partial charge in [-0.25, -0.2) is 0 Å². The van der Waals surface area contributed by atoms with Gasteiger partial charge in [-0.15, -0.1) is 0 Å². The molecule has 2 rings (SSSR count). The molecule has 0 aromatic heterocycles. The molecule has 0 radical (unpaired) electrons. The van der Waals surface area contributed by atoms with E-state index in [0.717, 1.165) is 28.0 Å². The average Bonchev–Trinajstić information content (AvgIpc) is 2.41. The number of ether oxygens (including phenoxy) is 1. The molecule has 2 aromatic rings. The maximum atomic E-state index is 5.97. The molecule has 2 nitrogen and oxygen atoms in total. The van der Waals surface area contributed by atoms with Crippen LogP contribution in [0.2, 0.25) is 0 Å². The Bertz CT molecular complexity index is 510. The van der Waals surface area contributed by atoms with Crippen molar-refractivity contribution in [3.63, 3.8) is 0 Å². The van der Waals surface area contributed by atoms with Crippen molar-refractivity contribution in [2.24, 2.45) is 5.73 Å². The van der Waals surface area contributed by atoms with Crippen molar-refractivity contribution >= 4 is 15.9 Å². The summed E-state index contributed by atoms with van der Waals surface area (Å²) < 4.78 is 6.73. The highest BCUT2D eigenvalue weighted by molar-refractivity contribution is 9.10. The van der Waals surface area contributed by atoms with E-state index in [2.05, 4.69) is 22.9 Å². The van der Waals surface area contributed by atoms with E-state index in [0.29, 0.717) is 0 Å². The number of halogens is 1. The molecule has 0 aliphatic heterocycles. The Kier molecular flexibility index (Phi) is 4.39. The van der Waals surface area contributed by atoms with Crippen molar-refractivity contribution in [1.82, 2.24) is 0 Å². The zero-order chi connectivity index (χ0) is 13.0. The van der Waals surface area contributed by atoms with Crippen LogP contribution in [0.5, 0.6) is 11.5 Å². The predicted octanol–water partition coefficient (Wildman–Crippen LogP) is 4.65. The summed E-state index contributed by atoms with van der Waals surface area (Å²) in [6.07, 6.45) is 0.935. The fourth-order valence-corrected chi connectivity index (χ4v) is 2.04. The van der Waals surface area contributed by atoms with Crippen molar-refractivity contribution in [2.75, 3.05) is 0 Å². The minimum absolute atomic E-state index is 0.0995. The Balaban J connectivity index is 2.14. The van der Waals surface area contributed by atoms with Crippen LogP contribution in [-0.2, 0) is 0 Å². The van der Waals surface area contributed by atoms with Crippen LogP contribution in [0.4, 0.5) is 0 Å². The third-order valence-corrected chi connectivity index (χ3v) is 3.47. The number of rotatable bonds is 4. The fourth-order valence-electron chi connectivity index (χ4n) is 1.67. The zero-order valence-electron chi connectivity index (χ0n) is 10.3. The second-order valence-corrected chi connectivity index (χ2v) is 4.97. The van der Waals surface area contributed by atoms with Crippen LogP contribution >= 0.6 is 15.9 Å². The molecule has 0 bridgehead atoms. The molecule has 0 spiro atoms.